The van der Waals surface area contributed by atoms with Crippen molar-refractivity contribution in [2.24, 2.45) is 0 Å². The highest BCUT2D eigenvalue weighted by Gasteiger charge is 2.25. The van der Waals surface area contributed by atoms with Gasteiger partial charge in [-0.1, -0.05) is 36.4 Å². The molecule has 1 aliphatic carbocycles. The fraction of sp³-hybridized carbons (Fsp3) is 0.160. The number of rotatable bonds is 5. The van der Waals surface area contributed by atoms with Crippen LogP contribution in [0.25, 0.3) is 11.1 Å². The van der Waals surface area contributed by atoms with Crippen LogP contribution in [0.5, 0.6) is 11.5 Å². The smallest absolute Gasteiger partial charge is 0.193 e. The quantitative estimate of drug-likeness (QED) is 0.561. The van der Waals surface area contributed by atoms with E-state index in [1.54, 1.807) is 14.2 Å². The molecule has 3 aromatic rings. The van der Waals surface area contributed by atoms with E-state index in [1.165, 1.54) is 5.56 Å². The van der Waals surface area contributed by atoms with Gasteiger partial charge < -0.3 is 9.47 Å². The Morgan fingerprint density at radius 3 is 2.00 bits per heavy atom. The van der Waals surface area contributed by atoms with E-state index in [4.69, 9.17) is 9.47 Å². The van der Waals surface area contributed by atoms with Crippen LogP contribution in [-0.4, -0.2) is 20.0 Å². The third kappa shape index (κ3) is 3.31. The van der Waals surface area contributed by atoms with Gasteiger partial charge in [0.1, 0.15) is 11.5 Å². The molecule has 0 N–H and O–H groups in total. The van der Waals surface area contributed by atoms with Gasteiger partial charge >= 0.3 is 0 Å². The second-order valence-corrected chi connectivity index (χ2v) is 6.80. The van der Waals surface area contributed by atoms with Gasteiger partial charge in [-0.3, -0.25) is 4.79 Å². The van der Waals surface area contributed by atoms with Crippen molar-refractivity contribution in [3.05, 3.63) is 95.1 Å². The number of fused-ring (bicyclic) bond motifs is 1. The van der Waals surface area contributed by atoms with Crippen molar-refractivity contribution in [1.82, 2.24) is 0 Å². The molecule has 4 rings (SSSR count). The molecule has 0 fully saturated rings. The standard InChI is InChI=1S/C25H22O3/c1-27-20-12-7-18(8-13-20)23-16-11-17-5-3-4-6-22(17)24(23)25(26)19-9-14-21(28-2)15-10-19/h3-10,12-15H,11,16H2,1-2H3. The fourth-order valence-corrected chi connectivity index (χ4v) is 3.76. The van der Waals surface area contributed by atoms with E-state index < -0.39 is 0 Å². The lowest BCUT2D eigenvalue weighted by Gasteiger charge is -2.23. The molecule has 0 atom stereocenters. The first kappa shape index (κ1) is 18.1. The summed E-state index contributed by atoms with van der Waals surface area (Å²) >= 11 is 0. The highest BCUT2D eigenvalue weighted by Crippen LogP contribution is 2.39. The predicted octanol–water partition coefficient (Wildman–Crippen LogP) is 5.44. The van der Waals surface area contributed by atoms with E-state index >= 15 is 0 Å². The lowest BCUT2D eigenvalue weighted by atomic mass is 9.79. The Morgan fingerprint density at radius 1 is 0.750 bits per heavy atom. The van der Waals surface area contributed by atoms with Crippen molar-refractivity contribution in [3.8, 4) is 11.5 Å². The summed E-state index contributed by atoms with van der Waals surface area (Å²) in [5, 5.41) is 0. The third-order valence-corrected chi connectivity index (χ3v) is 5.25. The first-order valence-electron chi connectivity index (χ1n) is 9.36. The first-order chi connectivity index (χ1) is 13.7. The lowest BCUT2D eigenvalue weighted by Crippen LogP contribution is -2.12. The number of allylic oxidation sites excluding steroid dienone is 2. The van der Waals surface area contributed by atoms with Crippen molar-refractivity contribution in [1.29, 1.82) is 0 Å². The van der Waals surface area contributed by atoms with Gasteiger partial charge in [0.15, 0.2) is 5.78 Å². The zero-order chi connectivity index (χ0) is 19.5. The summed E-state index contributed by atoms with van der Waals surface area (Å²) < 4.78 is 10.5. The number of aryl methyl sites for hydroxylation is 1. The Hall–Kier alpha value is -3.33. The van der Waals surface area contributed by atoms with Crippen molar-refractivity contribution in [3.63, 3.8) is 0 Å². The van der Waals surface area contributed by atoms with Crippen molar-refractivity contribution >= 4 is 16.9 Å². The van der Waals surface area contributed by atoms with Gasteiger partial charge in [-0.05, 0) is 71.5 Å². The maximum absolute atomic E-state index is 13.5. The number of ketones is 1. The van der Waals surface area contributed by atoms with Crippen LogP contribution in [0.2, 0.25) is 0 Å². The molecule has 28 heavy (non-hydrogen) atoms. The molecular weight excluding hydrogens is 348 g/mol. The topological polar surface area (TPSA) is 35.5 Å². The Labute approximate surface area is 165 Å². The largest absolute Gasteiger partial charge is 0.497 e. The van der Waals surface area contributed by atoms with Gasteiger partial charge in [-0.15, -0.1) is 0 Å². The predicted molar refractivity (Wildman–Crippen MR) is 112 cm³/mol. The Balaban J connectivity index is 1.86. The van der Waals surface area contributed by atoms with Crippen LogP contribution < -0.4 is 9.47 Å². The number of hydrogen-bond donors (Lipinski definition) is 0. The molecule has 3 heteroatoms. The maximum atomic E-state index is 13.5. The minimum absolute atomic E-state index is 0.0422. The monoisotopic (exact) mass is 370 g/mol. The van der Waals surface area contributed by atoms with Crippen molar-refractivity contribution < 1.29 is 14.3 Å². The molecule has 3 nitrogen and oxygen atoms in total. The lowest BCUT2D eigenvalue weighted by molar-refractivity contribution is 0.105. The van der Waals surface area contributed by atoms with Crippen molar-refractivity contribution in [2.45, 2.75) is 12.8 Å². The Kier molecular flexibility index (Phi) is 4.98. The van der Waals surface area contributed by atoms with Gasteiger partial charge in [0.25, 0.3) is 0 Å². The summed E-state index contributed by atoms with van der Waals surface area (Å²) in [6.45, 7) is 0. The number of benzene rings is 3. The molecule has 0 bridgehead atoms. The van der Waals surface area contributed by atoms with E-state index in [-0.39, 0.29) is 5.78 Å². The van der Waals surface area contributed by atoms with Crippen LogP contribution in [0.15, 0.2) is 72.8 Å². The molecule has 0 saturated carbocycles. The van der Waals surface area contributed by atoms with Gasteiger partial charge in [0, 0.05) is 11.1 Å². The van der Waals surface area contributed by atoms with Crippen LogP contribution in [-0.2, 0) is 6.42 Å². The minimum Gasteiger partial charge on any atom is -0.497 e. The average molecular weight is 370 g/mol. The molecule has 0 saturated heterocycles. The number of Topliss-reactive ketones (excluding diaryl/α,β-unsaturated/α-hetero) is 1. The normalized spacial score (nSPS) is 13.1. The van der Waals surface area contributed by atoms with Crippen LogP contribution in [0.4, 0.5) is 0 Å². The van der Waals surface area contributed by atoms with Crippen LogP contribution in [0.1, 0.15) is 33.5 Å². The summed E-state index contributed by atoms with van der Waals surface area (Å²) in [5.41, 5.74) is 5.85. The highest BCUT2D eigenvalue weighted by molar-refractivity contribution is 6.35. The molecule has 0 aromatic heterocycles. The van der Waals surface area contributed by atoms with Crippen LogP contribution in [0, 0.1) is 0 Å². The highest BCUT2D eigenvalue weighted by atomic mass is 16.5. The van der Waals surface area contributed by atoms with Gasteiger partial charge in [0.05, 0.1) is 14.2 Å². The minimum atomic E-state index is 0.0422. The summed E-state index contributed by atoms with van der Waals surface area (Å²) in [6.07, 6.45) is 1.76. The molecule has 0 spiro atoms. The zero-order valence-corrected chi connectivity index (χ0v) is 16.1. The van der Waals surface area contributed by atoms with Gasteiger partial charge in [0.2, 0.25) is 0 Å². The number of carbonyl (C=O) groups excluding carboxylic acids is 1. The van der Waals surface area contributed by atoms with Crippen LogP contribution >= 0.6 is 0 Å². The summed E-state index contributed by atoms with van der Waals surface area (Å²) in [6, 6.07) is 23.5. The molecule has 0 heterocycles. The fourth-order valence-electron chi connectivity index (χ4n) is 3.76. The van der Waals surface area contributed by atoms with E-state index in [0.29, 0.717) is 5.56 Å². The number of hydrogen-bond acceptors (Lipinski definition) is 3. The Bertz CT molecular complexity index is 1030. The second kappa shape index (κ2) is 7.73. The van der Waals surface area contributed by atoms with E-state index in [9.17, 15) is 4.79 Å². The molecule has 3 aromatic carbocycles. The molecule has 0 radical (unpaired) electrons. The summed E-state index contributed by atoms with van der Waals surface area (Å²) in [5.74, 6) is 1.59. The van der Waals surface area contributed by atoms with Crippen LogP contribution in [0.3, 0.4) is 0 Å². The van der Waals surface area contributed by atoms with E-state index in [0.717, 1.165) is 46.6 Å². The number of methoxy groups -OCH3 is 2. The maximum Gasteiger partial charge on any atom is 0.193 e. The summed E-state index contributed by atoms with van der Waals surface area (Å²) in [7, 11) is 3.28. The molecule has 0 unspecified atom stereocenters. The number of ether oxygens (including phenoxy) is 2. The second-order valence-electron chi connectivity index (χ2n) is 6.80. The summed E-state index contributed by atoms with van der Waals surface area (Å²) in [4.78, 5) is 13.5. The first-order valence-corrected chi connectivity index (χ1v) is 9.36. The average Bonchev–Trinajstić information content (AvgIpc) is 2.78. The molecule has 0 aliphatic heterocycles. The van der Waals surface area contributed by atoms with Crippen molar-refractivity contribution in [2.75, 3.05) is 14.2 Å². The molecule has 0 amide bonds. The van der Waals surface area contributed by atoms with Gasteiger partial charge in [-0.25, -0.2) is 0 Å². The zero-order valence-electron chi connectivity index (χ0n) is 16.1. The Morgan fingerprint density at radius 2 is 1.36 bits per heavy atom. The number of carbonyl (C=O) groups is 1. The SMILES string of the molecule is COc1ccc(C(=O)C2=C(c3ccc(OC)cc3)CCc3ccccc32)cc1. The van der Waals surface area contributed by atoms with Gasteiger partial charge in [-0.2, -0.15) is 0 Å². The van der Waals surface area contributed by atoms with E-state index in [1.807, 2.05) is 60.7 Å². The molecule has 1 aliphatic rings. The van der Waals surface area contributed by atoms with E-state index in [2.05, 4.69) is 12.1 Å². The third-order valence-electron chi connectivity index (χ3n) is 5.25. The molecular formula is C25H22O3. The molecule has 140 valence electrons.